The molecule has 0 atom stereocenters. The van der Waals surface area contributed by atoms with Crippen LogP contribution >= 0.6 is 11.3 Å². The summed E-state index contributed by atoms with van der Waals surface area (Å²) < 4.78 is 1.92. The zero-order chi connectivity index (χ0) is 9.80. The van der Waals surface area contributed by atoms with Crippen LogP contribution in [-0.2, 0) is 6.54 Å². The molecule has 0 N–H and O–H groups in total. The molecule has 3 nitrogen and oxygen atoms in total. The summed E-state index contributed by atoms with van der Waals surface area (Å²) in [5, 5.41) is 2.88. The van der Waals surface area contributed by atoms with Gasteiger partial charge in [-0.05, 0) is 12.8 Å². The number of thiazole rings is 1. The second-order valence-electron chi connectivity index (χ2n) is 2.83. The first-order valence-electron chi connectivity index (χ1n) is 4.21. The fraction of sp³-hybridized carbons (Fsp3) is 0.200. The highest BCUT2D eigenvalue weighted by molar-refractivity contribution is 7.10. The van der Waals surface area contributed by atoms with Crippen molar-refractivity contribution in [3.8, 4) is 11.8 Å². The molecular weight excluding hydrogens is 194 g/mol. The summed E-state index contributed by atoms with van der Waals surface area (Å²) >= 11 is 1.58. The molecule has 0 amide bonds. The van der Waals surface area contributed by atoms with E-state index in [2.05, 4.69) is 21.8 Å². The van der Waals surface area contributed by atoms with Crippen LogP contribution in [0, 0.1) is 18.8 Å². The Morgan fingerprint density at radius 1 is 1.57 bits per heavy atom. The average Bonchev–Trinajstić information content (AvgIpc) is 2.77. The van der Waals surface area contributed by atoms with E-state index in [1.165, 1.54) is 0 Å². The lowest BCUT2D eigenvalue weighted by Crippen LogP contribution is -1.89. The molecule has 2 rings (SSSR count). The van der Waals surface area contributed by atoms with Crippen molar-refractivity contribution >= 4 is 11.3 Å². The third kappa shape index (κ3) is 2.21. The normalized spacial score (nSPS) is 9.50. The summed E-state index contributed by atoms with van der Waals surface area (Å²) in [5.41, 5.74) is 1.03. The summed E-state index contributed by atoms with van der Waals surface area (Å²) in [4.78, 5) is 8.18. The second-order valence-corrected chi connectivity index (χ2v) is 3.69. The predicted molar refractivity (Wildman–Crippen MR) is 56.0 cm³/mol. The molecule has 0 aliphatic heterocycles. The van der Waals surface area contributed by atoms with E-state index >= 15 is 0 Å². The number of hydrogen-bond donors (Lipinski definition) is 0. The van der Waals surface area contributed by atoms with Gasteiger partial charge in [0.2, 0.25) is 0 Å². The van der Waals surface area contributed by atoms with Crippen molar-refractivity contribution in [3.63, 3.8) is 0 Å². The Morgan fingerprint density at radius 2 is 2.50 bits per heavy atom. The molecule has 14 heavy (non-hydrogen) atoms. The molecule has 0 bridgehead atoms. The molecule has 2 aromatic heterocycles. The lowest BCUT2D eigenvalue weighted by atomic mass is 10.5. The van der Waals surface area contributed by atoms with Gasteiger partial charge in [0.15, 0.2) is 5.01 Å². The van der Waals surface area contributed by atoms with E-state index in [0.29, 0.717) is 6.54 Å². The number of aromatic nitrogens is 3. The van der Waals surface area contributed by atoms with Crippen LogP contribution in [-0.4, -0.2) is 14.5 Å². The summed E-state index contributed by atoms with van der Waals surface area (Å²) in [6.07, 6.45) is 5.39. The van der Waals surface area contributed by atoms with Crippen molar-refractivity contribution in [1.29, 1.82) is 0 Å². The maximum absolute atomic E-state index is 4.25. The maximum Gasteiger partial charge on any atom is 0.167 e. The maximum atomic E-state index is 4.25. The van der Waals surface area contributed by atoms with Gasteiger partial charge in [-0.25, -0.2) is 9.97 Å². The molecule has 0 aromatic carbocycles. The molecule has 0 saturated heterocycles. The van der Waals surface area contributed by atoms with Crippen molar-refractivity contribution in [3.05, 3.63) is 34.8 Å². The molecule has 0 saturated carbocycles. The van der Waals surface area contributed by atoms with Gasteiger partial charge in [-0.3, -0.25) is 0 Å². The number of hydrogen-bond acceptors (Lipinski definition) is 3. The Hall–Kier alpha value is -1.60. The van der Waals surface area contributed by atoms with Crippen LogP contribution in [0.2, 0.25) is 0 Å². The standard InChI is InChI=1S/C10H9N3S/c1-9-7-14-10(12-9)3-2-5-13-6-4-11-8-13/h4,6-8H,5H2,1H3. The molecular formula is C10H9N3S. The molecule has 2 aromatic rings. The van der Waals surface area contributed by atoms with E-state index in [-0.39, 0.29) is 0 Å². The molecule has 4 heteroatoms. The van der Waals surface area contributed by atoms with Crippen LogP contribution in [0.5, 0.6) is 0 Å². The quantitative estimate of drug-likeness (QED) is 0.660. The second kappa shape index (κ2) is 4.07. The van der Waals surface area contributed by atoms with Gasteiger partial charge in [0, 0.05) is 23.5 Å². The first-order valence-corrected chi connectivity index (χ1v) is 5.09. The third-order valence-electron chi connectivity index (χ3n) is 1.64. The van der Waals surface area contributed by atoms with Crippen LogP contribution in [0.15, 0.2) is 24.1 Å². The Bertz CT molecular complexity index is 459. The smallest absolute Gasteiger partial charge is 0.167 e. The van der Waals surface area contributed by atoms with Crippen molar-refractivity contribution in [2.24, 2.45) is 0 Å². The van der Waals surface area contributed by atoms with E-state index in [0.717, 1.165) is 10.7 Å². The number of aryl methyl sites for hydroxylation is 1. The van der Waals surface area contributed by atoms with Gasteiger partial charge in [-0.15, -0.1) is 11.3 Å². The highest BCUT2D eigenvalue weighted by Gasteiger charge is 1.91. The average molecular weight is 203 g/mol. The third-order valence-corrected chi connectivity index (χ3v) is 2.51. The van der Waals surface area contributed by atoms with Gasteiger partial charge in [-0.2, -0.15) is 0 Å². The van der Waals surface area contributed by atoms with Crippen LogP contribution in [0.3, 0.4) is 0 Å². The summed E-state index contributed by atoms with van der Waals surface area (Å²) in [6.45, 7) is 2.64. The molecule has 2 heterocycles. The molecule has 0 unspecified atom stereocenters. The van der Waals surface area contributed by atoms with Gasteiger partial charge < -0.3 is 4.57 Å². The molecule has 0 aliphatic carbocycles. The van der Waals surface area contributed by atoms with E-state index in [1.54, 1.807) is 23.9 Å². The van der Waals surface area contributed by atoms with Crippen LogP contribution < -0.4 is 0 Å². The van der Waals surface area contributed by atoms with Crippen LogP contribution in [0.25, 0.3) is 0 Å². The van der Waals surface area contributed by atoms with E-state index in [4.69, 9.17) is 0 Å². The zero-order valence-corrected chi connectivity index (χ0v) is 8.58. The summed E-state index contributed by atoms with van der Waals surface area (Å²) in [6, 6.07) is 0. The summed E-state index contributed by atoms with van der Waals surface area (Å²) in [5.74, 6) is 6.05. The summed E-state index contributed by atoms with van der Waals surface area (Å²) in [7, 11) is 0. The van der Waals surface area contributed by atoms with Gasteiger partial charge >= 0.3 is 0 Å². The fourth-order valence-electron chi connectivity index (χ4n) is 0.998. The fourth-order valence-corrected chi connectivity index (χ4v) is 1.66. The minimum atomic E-state index is 0.665. The monoisotopic (exact) mass is 203 g/mol. The number of nitrogens with zero attached hydrogens (tertiary/aromatic N) is 3. The predicted octanol–water partition coefficient (Wildman–Crippen LogP) is 1.70. The molecule has 0 spiro atoms. The highest BCUT2D eigenvalue weighted by atomic mass is 32.1. The van der Waals surface area contributed by atoms with Crippen molar-refractivity contribution in [1.82, 2.24) is 14.5 Å². The van der Waals surface area contributed by atoms with Gasteiger partial charge in [0.05, 0.1) is 12.9 Å². The first-order chi connectivity index (χ1) is 6.84. The van der Waals surface area contributed by atoms with Gasteiger partial charge in [0.1, 0.15) is 0 Å². The molecule has 0 radical (unpaired) electrons. The van der Waals surface area contributed by atoms with Crippen LogP contribution in [0.1, 0.15) is 10.7 Å². The number of imidazole rings is 1. The minimum Gasteiger partial charge on any atom is -0.326 e. The SMILES string of the molecule is Cc1csc(C#CCn2ccnc2)n1. The lowest BCUT2D eigenvalue weighted by molar-refractivity contribution is 0.840. The molecule has 0 fully saturated rings. The zero-order valence-electron chi connectivity index (χ0n) is 7.77. The van der Waals surface area contributed by atoms with Crippen molar-refractivity contribution < 1.29 is 0 Å². The van der Waals surface area contributed by atoms with E-state index in [9.17, 15) is 0 Å². The molecule has 0 aliphatic rings. The van der Waals surface area contributed by atoms with Crippen molar-refractivity contribution in [2.45, 2.75) is 13.5 Å². The van der Waals surface area contributed by atoms with Gasteiger partial charge in [-0.1, -0.05) is 5.92 Å². The highest BCUT2D eigenvalue weighted by Crippen LogP contribution is 2.06. The van der Waals surface area contributed by atoms with Crippen molar-refractivity contribution in [2.75, 3.05) is 0 Å². The van der Waals surface area contributed by atoms with Crippen LogP contribution in [0.4, 0.5) is 0 Å². The largest absolute Gasteiger partial charge is 0.326 e. The first kappa shape index (κ1) is 8.97. The Morgan fingerprint density at radius 3 is 3.14 bits per heavy atom. The van der Waals surface area contributed by atoms with Gasteiger partial charge in [0.25, 0.3) is 0 Å². The Labute approximate surface area is 86.4 Å². The molecule has 70 valence electrons. The Kier molecular flexibility index (Phi) is 2.61. The minimum absolute atomic E-state index is 0.665. The van der Waals surface area contributed by atoms with E-state index < -0.39 is 0 Å². The van der Waals surface area contributed by atoms with E-state index in [1.807, 2.05) is 23.1 Å². The lowest BCUT2D eigenvalue weighted by Gasteiger charge is -1.89. The Balaban J connectivity index is 2.01. The number of rotatable bonds is 1. The topological polar surface area (TPSA) is 30.7 Å².